The number of anilines is 2. The molecule has 0 fully saturated rings. The summed E-state index contributed by atoms with van der Waals surface area (Å²) in [4.78, 5) is 41.9. The van der Waals surface area contributed by atoms with Gasteiger partial charge in [-0.3, -0.25) is 9.36 Å². The Morgan fingerprint density at radius 1 is 0.932 bits per heavy atom. The topological polar surface area (TPSA) is 125 Å². The van der Waals surface area contributed by atoms with Gasteiger partial charge in [0, 0.05) is 23.3 Å². The number of nitrogens with zero attached hydrogens (tertiary/aromatic N) is 3. The summed E-state index contributed by atoms with van der Waals surface area (Å²) in [5.74, 6) is -3.09. The highest BCUT2D eigenvalue weighted by molar-refractivity contribution is 6.30. The van der Waals surface area contributed by atoms with Gasteiger partial charge in [0.1, 0.15) is 0 Å². The first-order valence-corrected chi connectivity index (χ1v) is 13.1. The molecule has 2 unspecified atom stereocenters. The molecule has 0 radical (unpaired) electrons. The van der Waals surface area contributed by atoms with Gasteiger partial charge in [0.25, 0.3) is 0 Å². The van der Waals surface area contributed by atoms with E-state index in [-0.39, 0.29) is 12.2 Å². The van der Waals surface area contributed by atoms with Crippen LogP contribution in [0.25, 0.3) is 0 Å². The molecule has 44 heavy (non-hydrogen) atoms. The van der Waals surface area contributed by atoms with E-state index in [4.69, 9.17) is 21.1 Å². The molecule has 2 atom stereocenters. The van der Waals surface area contributed by atoms with Crippen LogP contribution in [0.1, 0.15) is 33.3 Å². The molecular weight excluding hydrogens is 626 g/mol. The number of benzene rings is 2. The lowest BCUT2D eigenvalue weighted by Gasteiger charge is -2.24. The van der Waals surface area contributed by atoms with Gasteiger partial charge in [-0.1, -0.05) is 23.7 Å². The van der Waals surface area contributed by atoms with Crippen LogP contribution in [-0.4, -0.2) is 49.8 Å². The van der Waals surface area contributed by atoms with E-state index >= 15 is 0 Å². The Balaban J connectivity index is 2.13. The second kappa shape index (κ2) is 12.8. The molecule has 0 aliphatic rings. The molecule has 17 heteroatoms. The van der Waals surface area contributed by atoms with E-state index in [1.807, 2.05) is 0 Å². The summed E-state index contributed by atoms with van der Waals surface area (Å²) in [6.07, 6.45) is -14.6. The van der Waals surface area contributed by atoms with Crippen LogP contribution in [-0.2, 0) is 17.9 Å². The maximum Gasteiger partial charge on any atom is 0.425 e. The highest BCUT2D eigenvalue weighted by Gasteiger charge is 2.40. The maximum atomic E-state index is 13.5. The average molecular weight is 653 g/mol. The highest BCUT2D eigenvalue weighted by Crippen LogP contribution is 2.37. The SMILES string of the molecule is CC(Oc1ccc(Nc2nc(=O)n(CC(C)(C)C(=O)O)c(=O)n2Cc2ccc(Cl)cc2)cc1OC(C)C(F)(F)F)C(F)(F)F. The quantitative estimate of drug-likeness (QED) is 0.256. The Morgan fingerprint density at radius 3 is 2.00 bits per heavy atom. The number of alkyl halides is 6. The lowest BCUT2D eigenvalue weighted by molar-refractivity contribution is -0.194. The number of carboxylic acid groups (broad SMARTS) is 1. The van der Waals surface area contributed by atoms with Crippen LogP contribution < -0.4 is 26.2 Å². The van der Waals surface area contributed by atoms with Gasteiger partial charge in [0.05, 0.1) is 12.0 Å². The van der Waals surface area contributed by atoms with E-state index in [0.717, 1.165) is 22.8 Å². The molecule has 0 saturated carbocycles. The predicted molar refractivity (Wildman–Crippen MR) is 147 cm³/mol. The smallest absolute Gasteiger partial charge is 0.425 e. The number of aromatic nitrogens is 3. The number of aliphatic carboxylic acids is 1. The minimum atomic E-state index is -4.88. The van der Waals surface area contributed by atoms with Crippen molar-refractivity contribution in [1.82, 2.24) is 14.1 Å². The van der Waals surface area contributed by atoms with Gasteiger partial charge in [-0.2, -0.15) is 31.3 Å². The largest absolute Gasteiger partial charge is 0.481 e. The summed E-state index contributed by atoms with van der Waals surface area (Å²) in [5, 5.41) is 12.5. The van der Waals surface area contributed by atoms with Gasteiger partial charge in [-0.05, 0) is 57.5 Å². The highest BCUT2D eigenvalue weighted by atomic mass is 35.5. The third-order valence-electron chi connectivity index (χ3n) is 6.27. The average Bonchev–Trinajstić information content (AvgIpc) is 2.90. The lowest BCUT2D eigenvalue weighted by Crippen LogP contribution is -2.46. The van der Waals surface area contributed by atoms with Gasteiger partial charge >= 0.3 is 29.7 Å². The molecule has 10 nitrogen and oxygen atoms in total. The molecule has 1 heterocycles. The number of carbonyl (C=O) groups is 1. The molecule has 0 aliphatic carbocycles. The molecule has 0 amide bonds. The number of carboxylic acids is 1. The number of halogens is 7. The summed E-state index contributed by atoms with van der Waals surface area (Å²) in [5.41, 5.74) is -3.31. The van der Waals surface area contributed by atoms with Crippen molar-refractivity contribution in [3.8, 4) is 11.5 Å². The van der Waals surface area contributed by atoms with E-state index in [9.17, 15) is 45.8 Å². The summed E-state index contributed by atoms with van der Waals surface area (Å²) in [7, 11) is 0. The molecule has 2 N–H and O–H groups in total. The first-order chi connectivity index (χ1) is 20.2. The zero-order chi connectivity index (χ0) is 33.2. The standard InChI is InChI=1S/C27H27ClF6N4O6/c1-14(26(29,30)31)43-19-10-9-18(11-20(19)44-15(2)27(32,33)34)35-22-36-23(41)38(13-25(3,4)21(39)40)24(42)37(22)12-16-5-7-17(28)8-6-16/h5-11,14-15H,12-13H2,1-4H3,(H,39,40)(H,35,36,41). The Kier molecular flexibility index (Phi) is 9.97. The van der Waals surface area contributed by atoms with Crippen LogP contribution in [0.4, 0.5) is 38.0 Å². The van der Waals surface area contributed by atoms with Crippen molar-refractivity contribution in [2.45, 2.75) is 65.3 Å². The number of nitrogens with one attached hydrogen (secondary N) is 1. The molecule has 240 valence electrons. The van der Waals surface area contributed by atoms with E-state index in [1.165, 1.54) is 26.0 Å². The van der Waals surface area contributed by atoms with Gasteiger partial charge in [0.15, 0.2) is 23.7 Å². The Bertz CT molecular complexity index is 1620. The zero-order valence-electron chi connectivity index (χ0n) is 23.6. The number of rotatable bonds is 11. The third-order valence-corrected chi connectivity index (χ3v) is 6.52. The van der Waals surface area contributed by atoms with Crippen molar-refractivity contribution in [3.05, 3.63) is 74.0 Å². The van der Waals surface area contributed by atoms with Crippen LogP contribution in [0.15, 0.2) is 52.1 Å². The molecule has 0 saturated heterocycles. The molecule has 0 bridgehead atoms. The first kappa shape index (κ1) is 34.3. The Labute approximate surface area is 250 Å². The summed E-state index contributed by atoms with van der Waals surface area (Å²) < 4.78 is 90.4. The van der Waals surface area contributed by atoms with Gasteiger partial charge in [0.2, 0.25) is 5.95 Å². The van der Waals surface area contributed by atoms with Crippen LogP contribution in [0.3, 0.4) is 0 Å². The van der Waals surface area contributed by atoms with Gasteiger partial charge in [-0.25, -0.2) is 14.2 Å². The molecule has 0 spiro atoms. The van der Waals surface area contributed by atoms with Crippen LogP contribution in [0.5, 0.6) is 11.5 Å². The second-order valence-corrected chi connectivity index (χ2v) is 10.8. The van der Waals surface area contributed by atoms with Crippen molar-refractivity contribution >= 4 is 29.2 Å². The van der Waals surface area contributed by atoms with Gasteiger partial charge < -0.3 is 19.9 Å². The van der Waals surface area contributed by atoms with Crippen LogP contribution in [0, 0.1) is 5.41 Å². The van der Waals surface area contributed by atoms with E-state index in [1.54, 1.807) is 12.1 Å². The number of hydrogen-bond donors (Lipinski definition) is 2. The van der Waals surface area contributed by atoms with Crippen molar-refractivity contribution in [1.29, 1.82) is 0 Å². The van der Waals surface area contributed by atoms with Crippen molar-refractivity contribution in [2.24, 2.45) is 5.41 Å². The third kappa shape index (κ3) is 8.45. The monoisotopic (exact) mass is 652 g/mol. The van der Waals surface area contributed by atoms with Crippen molar-refractivity contribution in [3.63, 3.8) is 0 Å². The number of hydrogen-bond acceptors (Lipinski definition) is 7. The summed E-state index contributed by atoms with van der Waals surface area (Å²) >= 11 is 5.93. The molecule has 2 aromatic carbocycles. The summed E-state index contributed by atoms with van der Waals surface area (Å²) in [6.45, 7) is 3.11. The lowest BCUT2D eigenvalue weighted by atomic mass is 9.94. The minimum Gasteiger partial charge on any atom is -0.481 e. The maximum absolute atomic E-state index is 13.5. The van der Waals surface area contributed by atoms with E-state index < -0.39 is 71.3 Å². The van der Waals surface area contributed by atoms with E-state index in [2.05, 4.69) is 10.3 Å². The zero-order valence-corrected chi connectivity index (χ0v) is 24.3. The van der Waals surface area contributed by atoms with Crippen LogP contribution in [0.2, 0.25) is 5.02 Å². The number of ether oxygens (including phenoxy) is 2. The normalized spacial score (nSPS) is 13.7. The fraction of sp³-hybridized carbons (Fsp3) is 0.407. The second-order valence-electron chi connectivity index (χ2n) is 10.4. The molecule has 1 aromatic heterocycles. The molecular formula is C27H27ClF6N4O6. The Hall–Kier alpha value is -4.21. The Morgan fingerprint density at radius 2 is 1.48 bits per heavy atom. The van der Waals surface area contributed by atoms with Gasteiger partial charge in [-0.15, -0.1) is 0 Å². The van der Waals surface area contributed by atoms with Crippen molar-refractivity contribution < 1.29 is 45.7 Å². The predicted octanol–water partition coefficient (Wildman–Crippen LogP) is 5.62. The van der Waals surface area contributed by atoms with E-state index in [0.29, 0.717) is 29.0 Å². The fourth-order valence-corrected chi connectivity index (χ4v) is 3.68. The summed E-state index contributed by atoms with van der Waals surface area (Å²) in [6, 6.07) is 9.10. The first-order valence-electron chi connectivity index (χ1n) is 12.8. The molecule has 0 aliphatic heterocycles. The van der Waals surface area contributed by atoms with Crippen molar-refractivity contribution in [2.75, 3.05) is 5.32 Å². The van der Waals surface area contributed by atoms with Crippen LogP contribution >= 0.6 is 11.6 Å². The molecule has 3 aromatic rings. The fourth-order valence-electron chi connectivity index (χ4n) is 3.56. The minimum absolute atomic E-state index is 0.138. The molecule has 3 rings (SSSR count).